The summed E-state index contributed by atoms with van der Waals surface area (Å²) in [4.78, 5) is 12.8. The second-order valence-corrected chi connectivity index (χ2v) is 10.1. The summed E-state index contributed by atoms with van der Waals surface area (Å²) in [6, 6.07) is 20.4. The van der Waals surface area contributed by atoms with E-state index in [4.69, 9.17) is 9.15 Å². The number of piperidine rings is 1. The first-order valence-corrected chi connectivity index (χ1v) is 12.6. The summed E-state index contributed by atoms with van der Waals surface area (Å²) in [6.45, 7) is 1.50. The van der Waals surface area contributed by atoms with E-state index in [-0.39, 0.29) is 17.6 Å². The lowest BCUT2D eigenvalue weighted by Crippen LogP contribution is -2.41. The van der Waals surface area contributed by atoms with Crippen molar-refractivity contribution in [3.63, 3.8) is 0 Å². The minimum atomic E-state index is -3.39. The standard InChI is InChI=1S/C25H28N2O5S/c28-25(26-23-9-4-8-21(16-23)17-31-18-24-10-5-15-32-24)22-11-13-27(14-12-22)33(29,30)19-20-6-2-1-3-7-20/h1-10,15-16,22H,11-14,17-19H2,(H,26,28). The van der Waals surface area contributed by atoms with Crippen molar-refractivity contribution < 1.29 is 22.4 Å². The average molecular weight is 469 g/mol. The molecule has 0 unspecified atom stereocenters. The molecule has 174 valence electrons. The van der Waals surface area contributed by atoms with Crippen LogP contribution in [0.5, 0.6) is 0 Å². The van der Waals surface area contributed by atoms with Crippen molar-refractivity contribution in [3.05, 3.63) is 89.9 Å². The number of carbonyl (C=O) groups is 1. The molecule has 1 fully saturated rings. The summed E-state index contributed by atoms with van der Waals surface area (Å²) in [6.07, 6.45) is 2.62. The van der Waals surface area contributed by atoms with Crippen LogP contribution in [-0.4, -0.2) is 31.7 Å². The predicted octanol–water partition coefficient (Wildman–Crippen LogP) is 4.18. The van der Waals surface area contributed by atoms with Gasteiger partial charge in [-0.2, -0.15) is 0 Å². The van der Waals surface area contributed by atoms with Gasteiger partial charge in [0.2, 0.25) is 15.9 Å². The Hall–Kier alpha value is -2.94. The zero-order chi connectivity index (χ0) is 23.1. The highest BCUT2D eigenvalue weighted by Crippen LogP contribution is 2.23. The van der Waals surface area contributed by atoms with Gasteiger partial charge < -0.3 is 14.5 Å². The van der Waals surface area contributed by atoms with Crippen molar-refractivity contribution in [1.29, 1.82) is 0 Å². The monoisotopic (exact) mass is 468 g/mol. The normalized spacial score (nSPS) is 15.4. The van der Waals surface area contributed by atoms with Crippen LogP contribution < -0.4 is 5.32 Å². The van der Waals surface area contributed by atoms with E-state index < -0.39 is 10.0 Å². The molecular formula is C25H28N2O5S. The van der Waals surface area contributed by atoms with E-state index in [0.717, 1.165) is 16.9 Å². The Kier molecular flexibility index (Phi) is 7.59. The molecule has 4 rings (SSSR count). The van der Waals surface area contributed by atoms with E-state index in [1.807, 2.05) is 66.7 Å². The van der Waals surface area contributed by atoms with E-state index in [1.165, 1.54) is 4.31 Å². The van der Waals surface area contributed by atoms with Crippen molar-refractivity contribution in [1.82, 2.24) is 4.31 Å². The van der Waals surface area contributed by atoms with Crippen LogP contribution >= 0.6 is 0 Å². The van der Waals surface area contributed by atoms with Crippen LogP contribution in [0.2, 0.25) is 0 Å². The van der Waals surface area contributed by atoms with Gasteiger partial charge in [-0.05, 0) is 48.2 Å². The number of amides is 1. The lowest BCUT2D eigenvalue weighted by atomic mass is 9.97. The number of anilines is 1. The highest BCUT2D eigenvalue weighted by atomic mass is 32.2. The van der Waals surface area contributed by atoms with Crippen molar-refractivity contribution in [3.8, 4) is 0 Å². The van der Waals surface area contributed by atoms with Gasteiger partial charge in [-0.3, -0.25) is 4.79 Å². The minimum absolute atomic E-state index is 0.0144. The number of benzene rings is 2. The Balaban J connectivity index is 1.26. The Morgan fingerprint density at radius 3 is 2.45 bits per heavy atom. The molecule has 1 amide bonds. The third-order valence-electron chi connectivity index (χ3n) is 5.70. The fraction of sp³-hybridized carbons (Fsp3) is 0.320. The molecule has 1 saturated heterocycles. The first kappa shape index (κ1) is 23.2. The summed E-state index contributed by atoms with van der Waals surface area (Å²) < 4.78 is 37.9. The summed E-state index contributed by atoms with van der Waals surface area (Å²) in [5, 5.41) is 2.97. The van der Waals surface area contributed by atoms with Gasteiger partial charge in [0.05, 0.1) is 18.6 Å². The van der Waals surface area contributed by atoms with E-state index in [9.17, 15) is 13.2 Å². The maximum Gasteiger partial charge on any atom is 0.227 e. The van der Waals surface area contributed by atoms with E-state index in [2.05, 4.69) is 5.32 Å². The van der Waals surface area contributed by atoms with Crippen molar-refractivity contribution in [2.45, 2.75) is 31.8 Å². The smallest absolute Gasteiger partial charge is 0.227 e. The number of ether oxygens (including phenoxy) is 1. The SMILES string of the molecule is O=C(Nc1cccc(COCc2ccco2)c1)C1CCN(S(=O)(=O)Cc2ccccc2)CC1. The van der Waals surface area contributed by atoms with Crippen LogP contribution in [0.15, 0.2) is 77.4 Å². The highest BCUT2D eigenvalue weighted by Gasteiger charge is 2.31. The number of nitrogens with zero attached hydrogens (tertiary/aromatic N) is 1. The summed E-state index contributed by atoms with van der Waals surface area (Å²) >= 11 is 0. The zero-order valence-electron chi connectivity index (χ0n) is 18.4. The first-order chi connectivity index (χ1) is 16.0. The second kappa shape index (κ2) is 10.8. The summed E-state index contributed by atoms with van der Waals surface area (Å²) in [5.41, 5.74) is 2.42. The van der Waals surface area contributed by atoms with Gasteiger partial charge in [0.1, 0.15) is 12.4 Å². The van der Waals surface area contributed by atoms with Gasteiger partial charge in [0, 0.05) is 24.7 Å². The highest BCUT2D eigenvalue weighted by molar-refractivity contribution is 7.88. The number of carbonyl (C=O) groups excluding carboxylic acids is 1. The topological polar surface area (TPSA) is 88.8 Å². The molecular weight excluding hydrogens is 440 g/mol. The van der Waals surface area contributed by atoms with Gasteiger partial charge in [-0.1, -0.05) is 42.5 Å². The second-order valence-electron chi connectivity index (χ2n) is 8.18. The molecule has 2 heterocycles. The minimum Gasteiger partial charge on any atom is -0.467 e. The molecule has 0 radical (unpaired) electrons. The Morgan fingerprint density at radius 2 is 1.73 bits per heavy atom. The molecule has 0 aliphatic carbocycles. The van der Waals surface area contributed by atoms with Crippen LogP contribution in [0.25, 0.3) is 0 Å². The molecule has 33 heavy (non-hydrogen) atoms. The van der Waals surface area contributed by atoms with Crippen LogP contribution in [0, 0.1) is 5.92 Å². The largest absolute Gasteiger partial charge is 0.467 e. The molecule has 3 aromatic rings. The van der Waals surface area contributed by atoms with Crippen LogP contribution in [0.3, 0.4) is 0 Å². The van der Waals surface area contributed by atoms with Crippen molar-refractivity contribution >= 4 is 21.6 Å². The quantitative estimate of drug-likeness (QED) is 0.509. The van der Waals surface area contributed by atoms with E-state index in [1.54, 1.807) is 6.26 Å². The zero-order valence-corrected chi connectivity index (χ0v) is 19.2. The van der Waals surface area contributed by atoms with E-state index in [0.29, 0.717) is 44.8 Å². The molecule has 1 aliphatic heterocycles. The van der Waals surface area contributed by atoms with Crippen LogP contribution in [-0.2, 0) is 38.5 Å². The number of rotatable bonds is 9. The summed E-state index contributed by atoms with van der Waals surface area (Å²) in [5.74, 6) is 0.451. The number of furan rings is 1. The molecule has 8 heteroatoms. The maximum atomic E-state index is 12.8. The van der Waals surface area contributed by atoms with Gasteiger partial charge in [0.15, 0.2) is 0 Å². The first-order valence-electron chi connectivity index (χ1n) is 11.0. The van der Waals surface area contributed by atoms with Gasteiger partial charge in [-0.15, -0.1) is 0 Å². The van der Waals surface area contributed by atoms with Crippen LogP contribution in [0.1, 0.15) is 29.7 Å². The third-order valence-corrected chi connectivity index (χ3v) is 7.55. The maximum absolute atomic E-state index is 12.8. The number of hydrogen-bond acceptors (Lipinski definition) is 5. The molecule has 1 aliphatic rings. The molecule has 0 spiro atoms. The third kappa shape index (κ3) is 6.54. The lowest BCUT2D eigenvalue weighted by Gasteiger charge is -2.30. The Morgan fingerprint density at radius 1 is 0.970 bits per heavy atom. The van der Waals surface area contributed by atoms with Gasteiger partial charge in [0.25, 0.3) is 0 Å². The van der Waals surface area contributed by atoms with E-state index >= 15 is 0 Å². The molecule has 7 nitrogen and oxygen atoms in total. The average Bonchev–Trinajstić information content (AvgIpc) is 3.33. The van der Waals surface area contributed by atoms with Crippen molar-refractivity contribution in [2.75, 3.05) is 18.4 Å². The molecule has 0 saturated carbocycles. The van der Waals surface area contributed by atoms with Crippen LogP contribution in [0.4, 0.5) is 5.69 Å². The molecule has 2 aromatic carbocycles. The fourth-order valence-corrected chi connectivity index (χ4v) is 5.48. The molecule has 0 atom stereocenters. The van der Waals surface area contributed by atoms with Crippen molar-refractivity contribution in [2.24, 2.45) is 5.92 Å². The van der Waals surface area contributed by atoms with Gasteiger partial charge >= 0.3 is 0 Å². The lowest BCUT2D eigenvalue weighted by molar-refractivity contribution is -0.120. The molecule has 1 N–H and O–H groups in total. The Labute approximate surface area is 194 Å². The summed E-state index contributed by atoms with van der Waals surface area (Å²) in [7, 11) is -3.39. The Bertz CT molecular complexity index is 1140. The molecule has 1 aromatic heterocycles. The number of nitrogens with one attached hydrogen (secondary N) is 1. The fourth-order valence-electron chi connectivity index (χ4n) is 3.92. The molecule has 0 bridgehead atoms. The number of hydrogen-bond donors (Lipinski definition) is 1. The predicted molar refractivity (Wildman–Crippen MR) is 126 cm³/mol. The van der Waals surface area contributed by atoms with Gasteiger partial charge in [-0.25, -0.2) is 12.7 Å². The number of sulfonamides is 1.